The lowest BCUT2D eigenvalue weighted by molar-refractivity contribution is 0.0735. The van der Waals surface area contributed by atoms with E-state index in [0.29, 0.717) is 24.3 Å². The molecular formula is C22H24N4O4. The Morgan fingerprint density at radius 2 is 2.13 bits per heavy atom. The minimum Gasteiger partial charge on any atom is -0.497 e. The zero-order chi connectivity index (χ0) is 21.3. The molecule has 1 saturated heterocycles. The molecule has 0 unspecified atom stereocenters. The van der Waals surface area contributed by atoms with Crippen LogP contribution in [0.2, 0.25) is 0 Å². The third kappa shape index (κ3) is 3.49. The Morgan fingerprint density at radius 3 is 2.90 bits per heavy atom. The number of aromatic nitrogens is 3. The van der Waals surface area contributed by atoms with Crippen molar-refractivity contribution in [2.45, 2.75) is 38.8 Å². The number of hydrogen-bond acceptors (Lipinski definition) is 5. The number of nitrogens with zero attached hydrogens (tertiary/aromatic N) is 3. The van der Waals surface area contributed by atoms with Gasteiger partial charge in [-0.2, -0.15) is 0 Å². The normalized spacial score (nSPS) is 16.2. The number of nitrogens with one attached hydrogen (secondary N) is 1. The summed E-state index contributed by atoms with van der Waals surface area (Å²) < 4.78 is 6.75. The molecule has 1 atom stereocenters. The van der Waals surface area contributed by atoms with Gasteiger partial charge in [0.2, 0.25) is 0 Å². The van der Waals surface area contributed by atoms with Gasteiger partial charge in [0.1, 0.15) is 11.4 Å². The molecule has 156 valence electrons. The van der Waals surface area contributed by atoms with Gasteiger partial charge in [-0.1, -0.05) is 19.1 Å². The zero-order valence-electron chi connectivity index (χ0n) is 17.1. The summed E-state index contributed by atoms with van der Waals surface area (Å²) in [5, 5.41) is 0.242. The van der Waals surface area contributed by atoms with Crippen molar-refractivity contribution in [2.75, 3.05) is 13.7 Å². The summed E-state index contributed by atoms with van der Waals surface area (Å²) in [5.74, 6) is 0.571. The third-order valence-corrected chi connectivity index (χ3v) is 5.52. The summed E-state index contributed by atoms with van der Waals surface area (Å²) in [6.45, 7) is 3.01. The summed E-state index contributed by atoms with van der Waals surface area (Å²) in [7, 11) is 1.62. The maximum absolute atomic E-state index is 13.3. The average Bonchev–Trinajstić information content (AvgIpc) is 3.26. The van der Waals surface area contributed by atoms with Crippen LogP contribution in [0.4, 0.5) is 0 Å². The molecule has 3 heterocycles. The number of fused-ring (bicyclic) bond motifs is 1. The zero-order valence-corrected chi connectivity index (χ0v) is 17.1. The van der Waals surface area contributed by atoms with Crippen LogP contribution in [0.25, 0.3) is 11.0 Å². The van der Waals surface area contributed by atoms with Crippen molar-refractivity contribution in [3.63, 3.8) is 0 Å². The van der Waals surface area contributed by atoms with Crippen LogP contribution in [0.15, 0.2) is 46.1 Å². The monoisotopic (exact) mass is 408 g/mol. The van der Waals surface area contributed by atoms with Crippen LogP contribution in [-0.4, -0.2) is 39.0 Å². The summed E-state index contributed by atoms with van der Waals surface area (Å²) in [6, 6.07) is 9.21. The standard InChI is InChI=1S/C22H24N4O4/c1-3-9-26-19-17(20(27)24-22(26)29)12-15(13-23-19)21(28)25-10-5-8-18(25)14-6-4-7-16(11-14)30-2/h4,6-7,11-13,18H,3,5,8-10H2,1-2H3,(H,24,27,29)/t18-/m0/s1. The SMILES string of the molecule is CCCn1c(=O)[nH]c(=O)c2cc(C(=O)N3CCC[C@H]3c3cccc(OC)c3)cnc21. The van der Waals surface area contributed by atoms with Gasteiger partial charge in [-0.05, 0) is 43.0 Å². The highest BCUT2D eigenvalue weighted by atomic mass is 16.5. The third-order valence-electron chi connectivity index (χ3n) is 5.52. The summed E-state index contributed by atoms with van der Waals surface area (Å²) in [5.41, 5.74) is 0.634. The van der Waals surface area contributed by atoms with E-state index in [0.717, 1.165) is 30.6 Å². The molecule has 0 saturated carbocycles. The molecule has 1 fully saturated rings. The number of pyridine rings is 1. The lowest BCUT2D eigenvalue weighted by Gasteiger charge is -2.25. The number of ether oxygens (including phenoxy) is 1. The maximum atomic E-state index is 13.3. The predicted molar refractivity (Wildman–Crippen MR) is 113 cm³/mol. The van der Waals surface area contributed by atoms with E-state index in [4.69, 9.17) is 4.74 Å². The van der Waals surface area contributed by atoms with Gasteiger partial charge in [0.15, 0.2) is 0 Å². The van der Waals surface area contributed by atoms with Crippen LogP contribution in [0.3, 0.4) is 0 Å². The van der Waals surface area contributed by atoms with Gasteiger partial charge in [-0.3, -0.25) is 19.1 Å². The van der Waals surface area contributed by atoms with Crippen LogP contribution in [0, 0.1) is 0 Å². The number of amides is 1. The lowest BCUT2D eigenvalue weighted by Crippen LogP contribution is -2.33. The molecule has 1 aromatic carbocycles. The van der Waals surface area contributed by atoms with Crippen LogP contribution in [0.1, 0.15) is 48.1 Å². The lowest BCUT2D eigenvalue weighted by atomic mass is 10.0. The quantitative estimate of drug-likeness (QED) is 0.700. The number of likely N-dealkylation sites (tertiary alicyclic amines) is 1. The van der Waals surface area contributed by atoms with Gasteiger partial charge in [-0.15, -0.1) is 0 Å². The fourth-order valence-corrected chi connectivity index (χ4v) is 4.09. The van der Waals surface area contributed by atoms with Crippen molar-refractivity contribution in [3.05, 3.63) is 68.5 Å². The largest absolute Gasteiger partial charge is 0.497 e. The highest BCUT2D eigenvalue weighted by Crippen LogP contribution is 2.34. The van der Waals surface area contributed by atoms with E-state index in [1.807, 2.05) is 36.1 Å². The predicted octanol–water partition coefficient (Wildman–Crippen LogP) is 2.48. The van der Waals surface area contributed by atoms with E-state index in [9.17, 15) is 14.4 Å². The van der Waals surface area contributed by atoms with E-state index in [-0.39, 0.29) is 17.3 Å². The molecule has 0 radical (unpaired) electrons. The molecule has 8 nitrogen and oxygen atoms in total. The van der Waals surface area contributed by atoms with Crippen molar-refractivity contribution < 1.29 is 9.53 Å². The topological polar surface area (TPSA) is 97.3 Å². The molecule has 1 aliphatic heterocycles. The molecular weight excluding hydrogens is 384 g/mol. The molecule has 1 amide bonds. The number of aryl methyl sites for hydroxylation is 1. The Balaban J connectivity index is 1.72. The Labute approximate surface area is 173 Å². The highest BCUT2D eigenvalue weighted by Gasteiger charge is 2.31. The molecule has 4 rings (SSSR count). The van der Waals surface area contributed by atoms with E-state index in [2.05, 4.69) is 9.97 Å². The fourth-order valence-electron chi connectivity index (χ4n) is 4.09. The number of benzene rings is 1. The van der Waals surface area contributed by atoms with E-state index in [1.165, 1.54) is 16.8 Å². The number of rotatable bonds is 5. The number of H-pyrrole nitrogens is 1. The average molecular weight is 408 g/mol. The summed E-state index contributed by atoms with van der Waals surface area (Å²) in [6.07, 6.45) is 3.93. The van der Waals surface area contributed by atoms with Crippen LogP contribution < -0.4 is 16.0 Å². The van der Waals surface area contributed by atoms with Gasteiger partial charge < -0.3 is 9.64 Å². The first-order chi connectivity index (χ1) is 14.5. The Hall–Kier alpha value is -3.42. The number of methoxy groups -OCH3 is 1. The van der Waals surface area contributed by atoms with Crippen molar-refractivity contribution in [3.8, 4) is 5.75 Å². The van der Waals surface area contributed by atoms with Gasteiger partial charge in [-0.25, -0.2) is 9.78 Å². The first-order valence-electron chi connectivity index (χ1n) is 10.1. The fraction of sp³-hybridized carbons (Fsp3) is 0.364. The highest BCUT2D eigenvalue weighted by molar-refractivity contribution is 5.97. The number of aromatic amines is 1. The Kier molecular flexibility index (Phi) is 5.39. The number of carbonyl (C=O) groups excluding carboxylic acids is 1. The molecule has 1 aliphatic rings. The minimum atomic E-state index is -0.532. The smallest absolute Gasteiger partial charge is 0.329 e. The second-order valence-electron chi connectivity index (χ2n) is 7.44. The van der Waals surface area contributed by atoms with Gasteiger partial charge in [0, 0.05) is 19.3 Å². The summed E-state index contributed by atoms with van der Waals surface area (Å²) in [4.78, 5) is 46.2. The molecule has 3 aromatic rings. The molecule has 2 aromatic heterocycles. The van der Waals surface area contributed by atoms with Crippen LogP contribution >= 0.6 is 0 Å². The van der Waals surface area contributed by atoms with E-state index in [1.54, 1.807) is 7.11 Å². The van der Waals surface area contributed by atoms with Gasteiger partial charge >= 0.3 is 5.69 Å². The van der Waals surface area contributed by atoms with E-state index >= 15 is 0 Å². The number of carbonyl (C=O) groups is 1. The Morgan fingerprint density at radius 1 is 1.30 bits per heavy atom. The van der Waals surface area contributed by atoms with Gasteiger partial charge in [0.25, 0.3) is 11.5 Å². The van der Waals surface area contributed by atoms with Crippen molar-refractivity contribution in [2.24, 2.45) is 0 Å². The van der Waals surface area contributed by atoms with Crippen LogP contribution in [0.5, 0.6) is 5.75 Å². The maximum Gasteiger partial charge on any atom is 0.329 e. The van der Waals surface area contributed by atoms with Gasteiger partial charge in [0.05, 0.1) is 24.1 Å². The second-order valence-corrected chi connectivity index (χ2v) is 7.44. The van der Waals surface area contributed by atoms with Crippen LogP contribution in [-0.2, 0) is 6.54 Å². The molecule has 0 spiro atoms. The summed E-state index contributed by atoms with van der Waals surface area (Å²) >= 11 is 0. The molecule has 30 heavy (non-hydrogen) atoms. The first-order valence-corrected chi connectivity index (χ1v) is 10.1. The molecule has 0 aliphatic carbocycles. The second kappa shape index (κ2) is 8.14. The molecule has 0 bridgehead atoms. The molecule has 1 N–H and O–H groups in total. The first kappa shape index (κ1) is 19.9. The van der Waals surface area contributed by atoms with E-state index < -0.39 is 11.2 Å². The van der Waals surface area contributed by atoms with Crippen molar-refractivity contribution in [1.82, 2.24) is 19.4 Å². The Bertz CT molecular complexity index is 1210. The van der Waals surface area contributed by atoms with Crippen molar-refractivity contribution in [1.29, 1.82) is 0 Å². The minimum absolute atomic E-state index is 0.0596. The number of hydrogen-bond donors (Lipinski definition) is 1. The van der Waals surface area contributed by atoms with Crippen molar-refractivity contribution >= 4 is 16.9 Å². The molecule has 8 heteroatoms.